The summed E-state index contributed by atoms with van der Waals surface area (Å²) < 4.78 is 2.62. The smallest absolute Gasteiger partial charge is 0.232 e. The summed E-state index contributed by atoms with van der Waals surface area (Å²) >= 11 is 11.6. The lowest BCUT2D eigenvalue weighted by Gasteiger charge is -2.33. The average Bonchev–Trinajstić information content (AvgIpc) is 3.25. The number of likely N-dealkylation sites (tertiary alicyclic amines) is 1. The van der Waals surface area contributed by atoms with Gasteiger partial charge < -0.3 is 10.2 Å². The third-order valence-corrected chi connectivity index (χ3v) is 7.77. The Labute approximate surface area is 215 Å². The molecular weight excluding hydrogens is 534 g/mol. The molecule has 1 aliphatic heterocycles. The molecule has 5 rings (SSSR count). The Morgan fingerprint density at radius 3 is 2.62 bits per heavy atom. The summed E-state index contributed by atoms with van der Waals surface area (Å²) in [6.07, 6.45) is 3.49. The molecule has 0 unspecified atom stereocenters. The number of piperidine rings is 1. The molecule has 2 aromatic heterocycles. The first-order valence-electron chi connectivity index (χ1n) is 11.1. The fourth-order valence-corrected chi connectivity index (χ4v) is 5.48. The molecule has 6 nitrogen and oxygen atoms in total. The molecule has 1 fully saturated rings. The Morgan fingerprint density at radius 1 is 1.12 bits per heavy atom. The highest BCUT2D eigenvalue weighted by Gasteiger charge is 2.24. The number of carbonyl (C=O) groups is 1. The Balaban J connectivity index is 1.27. The average molecular weight is 557 g/mol. The van der Waals surface area contributed by atoms with E-state index in [0.29, 0.717) is 10.8 Å². The highest BCUT2D eigenvalue weighted by Crippen LogP contribution is 2.31. The summed E-state index contributed by atoms with van der Waals surface area (Å²) in [6.45, 7) is 1.47. The first-order valence-corrected chi connectivity index (χ1v) is 13.3. The molecule has 4 aromatic rings. The van der Waals surface area contributed by atoms with Crippen molar-refractivity contribution < 1.29 is 4.79 Å². The van der Waals surface area contributed by atoms with Gasteiger partial charge in [0.05, 0.1) is 22.1 Å². The second-order valence-corrected chi connectivity index (χ2v) is 10.4. The van der Waals surface area contributed by atoms with Crippen LogP contribution in [0.4, 0.5) is 5.82 Å². The molecule has 0 bridgehead atoms. The quantitative estimate of drug-likeness (QED) is 0.295. The van der Waals surface area contributed by atoms with E-state index in [2.05, 4.69) is 26.3 Å². The number of fused-ring (bicyclic) bond motifs is 1. The summed E-state index contributed by atoms with van der Waals surface area (Å²) in [6, 6.07) is 20.0. The van der Waals surface area contributed by atoms with Crippen LogP contribution in [0.15, 0.2) is 76.2 Å². The largest absolute Gasteiger partial charge is 0.367 e. The molecule has 1 N–H and O–H groups in total. The fraction of sp³-hybridized carbons (Fsp3) is 0.240. The van der Waals surface area contributed by atoms with Gasteiger partial charge in [-0.25, -0.2) is 4.98 Å². The summed E-state index contributed by atoms with van der Waals surface area (Å²) in [7, 11) is 0. The van der Waals surface area contributed by atoms with E-state index < -0.39 is 0 Å². The number of aromatic nitrogens is 3. The minimum Gasteiger partial charge on any atom is -0.367 e. The number of carbonyl (C=O) groups excluding carboxylic acids is 1. The van der Waals surface area contributed by atoms with Gasteiger partial charge in [-0.2, -0.15) is 9.61 Å². The Morgan fingerprint density at radius 2 is 1.85 bits per heavy atom. The van der Waals surface area contributed by atoms with Crippen molar-refractivity contribution in [2.75, 3.05) is 24.2 Å². The molecule has 1 aliphatic rings. The summed E-state index contributed by atoms with van der Waals surface area (Å²) in [4.78, 5) is 20.6. The number of hydrogen-bond acceptors (Lipinski definition) is 5. The van der Waals surface area contributed by atoms with Crippen molar-refractivity contribution in [3.63, 3.8) is 0 Å². The van der Waals surface area contributed by atoms with Gasteiger partial charge in [-0.05, 0) is 47.0 Å². The molecule has 0 aliphatic carbocycles. The number of thioether (sulfide) groups is 1. The van der Waals surface area contributed by atoms with Gasteiger partial charge in [0.25, 0.3) is 0 Å². The topological polar surface area (TPSA) is 62.5 Å². The monoisotopic (exact) mass is 555 g/mol. The molecule has 0 spiro atoms. The number of halogens is 2. The van der Waals surface area contributed by atoms with Crippen molar-refractivity contribution in [1.82, 2.24) is 19.5 Å². The second kappa shape index (κ2) is 10.4. The lowest BCUT2D eigenvalue weighted by atomic mass is 10.0. The lowest BCUT2D eigenvalue weighted by Crippen LogP contribution is -2.43. The van der Waals surface area contributed by atoms with Crippen LogP contribution in [0.1, 0.15) is 12.8 Å². The molecule has 0 atom stereocenters. The van der Waals surface area contributed by atoms with Crippen LogP contribution in [0.25, 0.3) is 16.9 Å². The zero-order chi connectivity index (χ0) is 23.5. The van der Waals surface area contributed by atoms with Gasteiger partial charge in [-0.3, -0.25) is 4.79 Å². The second-order valence-electron chi connectivity index (χ2n) is 8.14. The number of benzene rings is 2. The van der Waals surface area contributed by atoms with Crippen LogP contribution in [0.2, 0.25) is 5.02 Å². The van der Waals surface area contributed by atoms with E-state index in [-0.39, 0.29) is 11.9 Å². The Bertz CT molecular complexity index is 1310. The highest BCUT2D eigenvalue weighted by atomic mass is 79.9. The maximum atomic E-state index is 12.7. The summed E-state index contributed by atoms with van der Waals surface area (Å²) in [5.74, 6) is 1.51. The normalized spacial score (nSPS) is 14.5. The summed E-state index contributed by atoms with van der Waals surface area (Å²) in [5.41, 5.74) is 2.39. The zero-order valence-corrected chi connectivity index (χ0v) is 21.5. The predicted molar refractivity (Wildman–Crippen MR) is 142 cm³/mol. The van der Waals surface area contributed by atoms with E-state index in [4.69, 9.17) is 16.6 Å². The Hall–Kier alpha value is -2.55. The van der Waals surface area contributed by atoms with Crippen molar-refractivity contribution in [3.8, 4) is 11.3 Å². The first-order chi connectivity index (χ1) is 16.6. The molecule has 9 heteroatoms. The summed E-state index contributed by atoms with van der Waals surface area (Å²) in [5, 5.41) is 8.77. The number of amides is 1. The van der Waals surface area contributed by atoms with Crippen molar-refractivity contribution in [2.45, 2.75) is 23.8 Å². The number of nitrogens with zero attached hydrogens (tertiary/aromatic N) is 4. The van der Waals surface area contributed by atoms with Crippen molar-refractivity contribution in [2.24, 2.45) is 0 Å². The van der Waals surface area contributed by atoms with Crippen LogP contribution in [0, 0.1) is 0 Å². The number of nitrogens with one attached hydrogen (secondary N) is 1. The Kier molecular flexibility index (Phi) is 7.08. The van der Waals surface area contributed by atoms with Crippen LogP contribution in [0.3, 0.4) is 0 Å². The molecule has 3 heterocycles. The van der Waals surface area contributed by atoms with E-state index in [1.54, 1.807) is 22.5 Å². The third kappa shape index (κ3) is 5.09. The van der Waals surface area contributed by atoms with E-state index in [0.717, 1.165) is 58.0 Å². The van der Waals surface area contributed by atoms with Gasteiger partial charge in [-0.15, -0.1) is 11.8 Å². The molecule has 2 aromatic carbocycles. The van der Waals surface area contributed by atoms with Crippen LogP contribution >= 0.6 is 39.3 Å². The number of anilines is 1. The van der Waals surface area contributed by atoms with Gasteiger partial charge in [0.1, 0.15) is 5.82 Å². The van der Waals surface area contributed by atoms with Gasteiger partial charge in [0.15, 0.2) is 5.65 Å². The van der Waals surface area contributed by atoms with E-state index in [1.807, 2.05) is 65.6 Å². The predicted octanol–water partition coefficient (Wildman–Crippen LogP) is 6.01. The van der Waals surface area contributed by atoms with Gasteiger partial charge in [0, 0.05) is 40.7 Å². The lowest BCUT2D eigenvalue weighted by molar-refractivity contribution is -0.129. The maximum absolute atomic E-state index is 12.7. The third-order valence-electron chi connectivity index (χ3n) is 5.88. The highest BCUT2D eigenvalue weighted by molar-refractivity contribution is 9.10. The fourth-order valence-electron chi connectivity index (χ4n) is 4.08. The SMILES string of the molecule is O=C(CSc1ccccc1)N1CCC(Nc2cc(-c3ccccc3Cl)nc3c(Br)cnn23)CC1. The van der Waals surface area contributed by atoms with E-state index in [1.165, 1.54) is 0 Å². The van der Waals surface area contributed by atoms with Crippen LogP contribution < -0.4 is 5.32 Å². The number of hydrogen-bond donors (Lipinski definition) is 1. The molecule has 0 saturated carbocycles. The van der Waals surface area contributed by atoms with Gasteiger partial charge in [-0.1, -0.05) is 48.0 Å². The molecule has 174 valence electrons. The minimum atomic E-state index is 0.190. The van der Waals surface area contributed by atoms with E-state index in [9.17, 15) is 4.79 Å². The first kappa shape index (κ1) is 23.2. The number of rotatable bonds is 6. The van der Waals surface area contributed by atoms with Gasteiger partial charge in [0.2, 0.25) is 5.91 Å². The van der Waals surface area contributed by atoms with Crippen LogP contribution in [0.5, 0.6) is 0 Å². The van der Waals surface area contributed by atoms with Crippen LogP contribution in [-0.2, 0) is 4.79 Å². The molecule has 1 saturated heterocycles. The molecule has 34 heavy (non-hydrogen) atoms. The van der Waals surface area contributed by atoms with Crippen LogP contribution in [-0.4, -0.2) is 50.3 Å². The standard InChI is InChI=1S/C25H23BrClN5OS/c26-20-15-28-32-23(14-22(30-25(20)32)19-8-4-5-9-21(19)27)29-17-10-12-31(13-11-17)24(33)16-34-18-6-2-1-3-7-18/h1-9,14-15,17,29H,10-13,16H2. The van der Waals surface area contributed by atoms with Crippen molar-refractivity contribution in [1.29, 1.82) is 0 Å². The minimum absolute atomic E-state index is 0.190. The maximum Gasteiger partial charge on any atom is 0.232 e. The molecule has 1 amide bonds. The van der Waals surface area contributed by atoms with Crippen molar-refractivity contribution >= 4 is 56.7 Å². The van der Waals surface area contributed by atoms with Crippen molar-refractivity contribution in [3.05, 3.63) is 76.4 Å². The molecule has 0 radical (unpaired) electrons. The zero-order valence-electron chi connectivity index (χ0n) is 18.3. The molecular formula is C25H23BrClN5OS. The van der Waals surface area contributed by atoms with Gasteiger partial charge >= 0.3 is 0 Å². The van der Waals surface area contributed by atoms with E-state index >= 15 is 0 Å².